The summed E-state index contributed by atoms with van der Waals surface area (Å²) in [6.45, 7) is 2.24. The van der Waals surface area contributed by atoms with Crippen molar-refractivity contribution in [2.24, 2.45) is 0 Å². The van der Waals surface area contributed by atoms with Crippen molar-refractivity contribution in [3.8, 4) is 5.75 Å². The lowest BCUT2D eigenvalue weighted by molar-refractivity contribution is -0.148. The molecule has 0 amide bonds. The van der Waals surface area contributed by atoms with Gasteiger partial charge in [0.25, 0.3) is 0 Å². The molecule has 4 nitrogen and oxygen atoms in total. The van der Waals surface area contributed by atoms with E-state index in [9.17, 15) is 4.79 Å². The van der Waals surface area contributed by atoms with Crippen LogP contribution < -0.4 is 10.1 Å². The van der Waals surface area contributed by atoms with E-state index in [1.165, 1.54) is 12.5 Å². The molecular formula is C17H21NO3. The maximum atomic E-state index is 11.7. The van der Waals surface area contributed by atoms with Crippen LogP contribution in [-0.4, -0.2) is 32.3 Å². The maximum absolute atomic E-state index is 11.7. The predicted octanol–water partition coefficient (Wildman–Crippen LogP) is 2.76. The van der Waals surface area contributed by atoms with Gasteiger partial charge in [0.15, 0.2) is 0 Å². The molecule has 21 heavy (non-hydrogen) atoms. The van der Waals surface area contributed by atoms with Gasteiger partial charge in [0, 0.05) is 6.42 Å². The fraction of sp³-hybridized carbons (Fsp3) is 0.353. The number of nitrogens with one attached hydrogen (secondary N) is 1. The van der Waals surface area contributed by atoms with Crippen LogP contribution in [0.4, 0.5) is 0 Å². The molecule has 0 radical (unpaired) electrons. The first kappa shape index (κ1) is 15.3. The Morgan fingerprint density at radius 1 is 1.19 bits per heavy atom. The zero-order chi connectivity index (χ0) is 15.3. The minimum absolute atomic E-state index is 0.285. The van der Waals surface area contributed by atoms with E-state index in [1.807, 2.05) is 43.3 Å². The van der Waals surface area contributed by atoms with E-state index in [0.717, 1.165) is 11.1 Å². The molecule has 2 aromatic carbocycles. The lowest BCUT2D eigenvalue weighted by atomic mass is 9.99. The summed E-state index contributed by atoms with van der Waals surface area (Å²) in [5.41, 5.74) is -0.731. The average molecular weight is 287 g/mol. The third kappa shape index (κ3) is 3.52. The Morgan fingerprint density at radius 2 is 1.90 bits per heavy atom. The number of methoxy groups -OCH3 is 1. The molecule has 2 rings (SSSR count). The Bertz CT molecular complexity index is 626. The fourth-order valence-electron chi connectivity index (χ4n) is 2.18. The Hall–Kier alpha value is -2.07. The molecule has 112 valence electrons. The van der Waals surface area contributed by atoms with Gasteiger partial charge in [-0.15, -0.1) is 0 Å². The summed E-state index contributed by atoms with van der Waals surface area (Å²) >= 11 is 0. The van der Waals surface area contributed by atoms with Crippen LogP contribution in [0.15, 0.2) is 42.5 Å². The Kier molecular flexibility index (Phi) is 4.81. The molecule has 0 aliphatic carbocycles. The lowest BCUT2D eigenvalue weighted by Gasteiger charge is -2.25. The normalized spacial score (nSPS) is 13.7. The smallest absolute Gasteiger partial charge is 0.325 e. The number of ether oxygens (including phenoxy) is 2. The molecule has 0 heterocycles. The van der Waals surface area contributed by atoms with Crippen LogP contribution >= 0.6 is 0 Å². The standard InChI is InChI=1S/C17H21NO3/c1-17(18-2,16(19)20-3)10-11-21-15-9-8-13-6-4-5-7-14(13)12-15/h4-9,12,18H,10-11H2,1-3H3. The minimum atomic E-state index is -0.731. The van der Waals surface area contributed by atoms with Crippen molar-refractivity contribution in [3.05, 3.63) is 42.5 Å². The first-order valence-corrected chi connectivity index (χ1v) is 6.98. The van der Waals surface area contributed by atoms with Crippen LogP contribution in [-0.2, 0) is 9.53 Å². The van der Waals surface area contributed by atoms with E-state index in [-0.39, 0.29) is 5.97 Å². The highest BCUT2D eigenvalue weighted by Crippen LogP contribution is 2.21. The molecule has 4 heteroatoms. The highest BCUT2D eigenvalue weighted by atomic mass is 16.5. The summed E-state index contributed by atoms with van der Waals surface area (Å²) in [4.78, 5) is 11.7. The molecule has 0 saturated carbocycles. The molecule has 0 aliphatic heterocycles. The summed E-state index contributed by atoms with van der Waals surface area (Å²) in [6.07, 6.45) is 0.531. The first-order valence-electron chi connectivity index (χ1n) is 6.98. The molecular weight excluding hydrogens is 266 g/mol. The van der Waals surface area contributed by atoms with E-state index < -0.39 is 5.54 Å². The van der Waals surface area contributed by atoms with Gasteiger partial charge in [-0.3, -0.25) is 4.79 Å². The van der Waals surface area contributed by atoms with Crippen molar-refractivity contribution < 1.29 is 14.3 Å². The van der Waals surface area contributed by atoms with Gasteiger partial charge >= 0.3 is 5.97 Å². The van der Waals surface area contributed by atoms with E-state index in [0.29, 0.717) is 13.0 Å². The number of fused-ring (bicyclic) bond motifs is 1. The minimum Gasteiger partial charge on any atom is -0.493 e. The number of rotatable bonds is 6. The number of benzene rings is 2. The van der Waals surface area contributed by atoms with Gasteiger partial charge in [-0.25, -0.2) is 0 Å². The quantitative estimate of drug-likeness (QED) is 0.830. The summed E-state index contributed by atoms with van der Waals surface area (Å²) < 4.78 is 10.6. The molecule has 1 atom stereocenters. The molecule has 1 unspecified atom stereocenters. The van der Waals surface area contributed by atoms with Crippen molar-refractivity contribution in [1.29, 1.82) is 0 Å². The highest BCUT2D eigenvalue weighted by Gasteiger charge is 2.32. The molecule has 2 aromatic rings. The van der Waals surface area contributed by atoms with Gasteiger partial charge in [-0.05, 0) is 36.9 Å². The number of esters is 1. The Morgan fingerprint density at radius 3 is 2.57 bits per heavy atom. The van der Waals surface area contributed by atoms with Crippen molar-refractivity contribution in [2.45, 2.75) is 18.9 Å². The van der Waals surface area contributed by atoms with Gasteiger partial charge in [0.2, 0.25) is 0 Å². The number of carbonyl (C=O) groups excluding carboxylic acids is 1. The fourth-order valence-corrected chi connectivity index (χ4v) is 2.18. The summed E-state index contributed by atoms with van der Waals surface area (Å²) in [7, 11) is 3.13. The average Bonchev–Trinajstić information content (AvgIpc) is 2.53. The Labute approximate surface area is 125 Å². The number of hydrogen-bond acceptors (Lipinski definition) is 4. The second-order valence-electron chi connectivity index (χ2n) is 5.18. The van der Waals surface area contributed by atoms with Gasteiger partial charge in [0.1, 0.15) is 11.3 Å². The van der Waals surface area contributed by atoms with Crippen molar-refractivity contribution in [1.82, 2.24) is 5.32 Å². The monoisotopic (exact) mass is 287 g/mol. The topological polar surface area (TPSA) is 47.6 Å². The van der Waals surface area contributed by atoms with Gasteiger partial charge in [0.05, 0.1) is 13.7 Å². The first-order chi connectivity index (χ1) is 10.1. The van der Waals surface area contributed by atoms with Crippen molar-refractivity contribution in [3.63, 3.8) is 0 Å². The molecule has 0 saturated heterocycles. The lowest BCUT2D eigenvalue weighted by Crippen LogP contribution is -2.49. The second-order valence-corrected chi connectivity index (χ2v) is 5.18. The van der Waals surface area contributed by atoms with Crippen molar-refractivity contribution in [2.75, 3.05) is 20.8 Å². The number of carbonyl (C=O) groups is 1. The molecule has 0 fully saturated rings. The van der Waals surface area contributed by atoms with E-state index in [1.54, 1.807) is 7.05 Å². The zero-order valence-corrected chi connectivity index (χ0v) is 12.7. The van der Waals surface area contributed by atoms with E-state index in [4.69, 9.17) is 9.47 Å². The van der Waals surface area contributed by atoms with Crippen molar-refractivity contribution >= 4 is 16.7 Å². The number of likely N-dealkylation sites (N-methyl/N-ethyl adjacent to an activating group) is 1. The third-order valence-corrected chi connectivity index (χ3v) is 3.78. The SMILES string of the molecule is CNC(C)(CCOc1ccc2ccccc2c1)C(=O)OC. The van der Waals surface area contributed by atoms with Crippen LogP contribution in [0.5, 0.6) is 5.75 Å². The van der Waals surface area contributed by atoms with Gasteiger partial charge in [-0.1, -0.05) is 30.3 Å². The van der Waals surface area contributed by atoms with Crippen LogP contribution in [0.25, 0.3) is 10.8 Å². The molecule has 0 spiro atoms. The second kappa shape index (κ2) is 6.59. The molecule has 1 N–H and O–H groups in total. The van der Waals surface area contributed by atoms with Gasteiger partial charge < -0.3 is 14.8 Å². The van der Waals surface area contributed by atoms with E-state index in [2.05, 4.69) is 11.4 Å². The summed E-state index contributed by atoms with van der Waals surface area (Å²) in [5, 5.41) is 5.31. The summed E-state index contributed by atoms with van der Waals surface area (Å²) in [5.74, 6) is 0.518. The van der Waals surface area contributed by atoms with Gasteiger partial charge in [-0.2, -0.15) is 0 Å². The number of hydrogen-bond donors (Lipinski definition) is 1. The maximum Gasteiger partial charge on any atom is 0.325 e. The van der Waals surface area contributed by atoms with Crippen LogP contribution in [0.3, 0.4) is 0 Å². The third-order valence-electron chi connectivity index (χ3n) is 3.78. The largest absolute Gasteiger partial charge is 0.493 e. The predicted molar refractivity (Wildman–Crippen MR) is 83.5 cm³/mol. The Balaban J connectivity index is 2.00. The molecule has 0 aromatic heterocycles. The van der Waals surface area contributed by atoms with Crippen LogP contribution in [0, 0.1) is 0 Å². The zero-order valence-electron chi connectivity index (χ0n) is 12.7. The molecule has 0 aliphatic rings. The highest BCUT2D eigenvalue weighted by molar-refractivity contribution is 5.83. The van der Waals surface area contributed by atoms with E-state index >= 15 is 0 Å². The molecule has 0 bridgehead atoms. The van der Waals surface area contributed by atoms with Crippen LogP contribution in [0.2, 0.25) is 0 Å². The van der Waals surface area contributed by atoms with Crippen LogP contribution in [0.1, 0.15) is 13.3 Å². The summed E-state index contributed by atoms with van der Waals surface area (Å²) in [6, 6.07) is 14.1.